The minimum atomic E-state index is 0.453. The van der Waals surface area contributed by atoms with Gasteiger partial charge in [0.1, 0.15) is 0 Å². The van der Waals surface area contributed by atoms with Gasteiger partial charge in [0.05, 0.1) is 22.7 Å². The quantitative estimate of drug-likeness (QED) is 0.812. The average molecular weight is 226 g/mol. The molecule has 0 bridgehead atoms. The largest absolute Gasteiger partial charge is 0.369 e. The zero-order valence-corrected chi connectivity index (χ0v) is 9.56. The Morgan fingerprint density at radius 3 is 2.82 bits per heavy atom. The lowest BCUT2D eigenvalue weighted by atomic mass is 10.2. The topological polar surface area (TPSA) is 67.6 Å². The third-order valence-corrected chi connectivity index (χ3v) is 3.54. The highest BCUT2D eigenvalue weighted by Crippen LogP contribution is 2.34. The van der Waals surface area contributed by atoms with Crippen LogP contribution in [0.1, 0.15) is 37.3 Å². The van der Waals surface area contributed by atoms with E-state index in [1.165, 1.54) is 12.8 Å². The Hall–Kier alpha value is -2.02. The molecule has 0 unspecified atom stereocenters. The molecule has 0 saturated heterocycles. The molecule has 0 atom stereocenters. The first kappa shape index (κ1) is 10.2. The number of fused-ring (bicyclic) bond motifs is 1. The molecule has 0 spiro atoms. The second-order valence-electron chi connectivity index (χ2n) is 4.59. The molecule has 1 aromatic carbocycles. The zero-order valence-electron chi connectivity index (χ0n) is 9.56. The van der Waals surface area contributed by atoms with E-state index in [4.69, 9.17) is 11.0 Å². The molecular formula is C13H14N4. The smallest absolute Gasteiger partial charge is 0.201 e. The summed E-state index contributed by atoms with van der Waals surface area (Å²) in [5, 5.41) is 8.95. The first-order valence-corrected chi connectivity index (χ1v) is 5.97. The molecular weight excluding hydrogens is 212 g/mol. The fourth-order valence-corrected chi connectivity index (χ4v) is 2.73. The van der Waals surface area contributed by atoms with E-state index in [1.54, 1.807) is 6.07 Å². The van der Waals surface area contributed by atoms with E-state index in [9.17, 15) is 0 Å². The Labute approximate surface area is 99.7 Å². The minimum absolute atomic E-state index is 0.453. The lowest BCUT2D eigenvalue weighted by Gasteiger charge is -2.14. The van der Waals surface area contributed by atoms with Crippen molar-refractivity contribution in [2.24, 2.45) is 0 Å². The van der Waals surface area contributed by atoms with Crippen molar-refractivity contribution in [1.29, 1.82) is 5.26 Å². The van der Waals surface area contributed by atoms with Crippen molar-refractivity contribution in [3.63, 3.8) is 0 Å². The van der Waals surface area contributed by atoms with Gasteiger partial charge in [0.25, 0.3) is 0 Å². The summed E-state index contributed by atoms with van der Waals surface area (Å²) in [5.41, 5.74) is 8.53. The molecule has 0 amide bonds. The van der Waals surface area contributed by atoms with Crippen LogP contribution in [0.3, 0.4) is 0 Å². The number of hydrogen-bond acceptors (Lipinski definition) is 3. The second kappa shape index (κ2) is 3.77. The third-order valence-electron chi connectivity index (χ3n) is 3.54. The van der Waals surface area contributed by atoms with Crippen LogP contribution in [-0.2, 0) is 0 Å². The van der Waals surface area contributed by atoms with Gasteiger partial charge in [-0.25, -0.2) is 4.98 Å². The SMILES string of the molecule is N#Cc1ccc2nc(N)n(C3CCCC3)c2c1. The number of nitrogens with two attached hydrogens (primary N) is 1. The summed E-state index contributed by atoms with van der Waals surface area (Å²) >= 11 is 0. The molecule has 86 valence electrons. The van der Waals surface area contributed by atoms with Gasteiger partial charge in [0.15, 0.2) is 0 Å². The highest BCUT2D eigenvalue weighted by Gasteiger charge is 2.21. The number of benzene rings is 1. The Morgan fingerprint density at radius 2 is 2.12 bits per heavy atom. The molecule has 4 nitrogen and oxygen atoms in total. The average Bonchev–Trinajstić information content (AvgIpc) is 2.93. The summed E-state index contributed by atoms with van der Waals surface area (Å²) in [6.07, 6.45) is 4.82. The predicted octanol–water partition coefficient (Wildman–Crippen LogP) is 2.61. The predicted molar refractivity (Wildman–Crippen MR) is 66.4 cm³/mol. The van der Waals surface area contributed by atoms with E-state index in [0.29, 0.717) is 17.6 Å². The van der Waals surface area contributed by atoms with Crippen LogP contribution in [0.15, 0.2) is 18.2 Å². The molecule has 1 aromatic heterocycles. The fraction of sp³-hybridized carbons (Fsp3) is 0.385. The van der Waals surface area contributed by atoms with Gasteiger partial charge in [0.2, 0.25) is 5.95 Å². The minimum Gasteiger partial charge on any atom is -0.369 e. The van der Waals surface area contributed by atoms with Gasteiger partial charge in [0, 0.05) is 6.04 Å². The van der Waals surface area contributed by atoms with Gasteiger partial charge in [-0.15, -0.1) is 0 Å². The Morgan fingerprint density at radius 1 is 1.35 bits per heavy atom. The maximum Gasteiger partial charge on any atom is 0.201 e. The lowest BCUT2D eigenvalue weighted by Crippen LogP contribution is -2.08. The van der Waals surface area contributed by atoms with Gasteiger partial charge >= 0.3 is 0 Å². The summed E-state index contributed by atoms with van der Waals surface area (Å²) in [4.78, 5) is 4.36. The van der Waals surface area contributed by atoms with Gasteiger partial charge < -0.3 is 10.3 Å². The van der Waals surface area contributed by atoms with Crippen molar-refractivity contribution < 1.29 is 0 Å². The molecule has 2 N–H and O–H groups in total. The monoisotopic (exact) mass is 226 g/mol. The Balaban J connectivity index is 2.21. The maximum atomic E-state index is 8.95. The van der Waals surface area contributed by atoms with Crippen LogP contribution in [0.2, 0.25) is 0 Å². The van der Waals surface area contributed by atoms with Crippen LogP contribution in [0.5, 0.6) is 0 Å². The number of imidazole rings is 1. The molecule has 1 aliphatic rings. The van der Waals surface area contributed by atoms with Crippen molar-refractivity contribution in [3.05, 3.63) is 23.8 Å². The number of rotatable bonds is 1. The summed E-state index contributed by atoms with van der Waals surface area (Å²) in [6, 6.07) is 8.16. The number of hydrogen-bond donors (Lipinski definition) is 1. The molecule has 1 heterocycles. The summed E-state index contributed by atoms with van der Waals surface area (Å²) in [5.74, 6) is 0.571. The number of aromatic nitrogens is 2. The van der Waals surface area contributed by atoms with E-state index >= 15 is 0 Å². The van der Waals surface area contributed by atoms with Crippen molar-refractivity contribution in [1.82, 2.24) is 9.55 Å². The third kappa shape index (κ3) is 1.55. The van der Waals surface area contributed by atoms with E-state index in [1.807, 2.05) is 12.1 Å². The highest BCUT2D eigenvalue weighted by molar-refractivity contribution is 5.80. The molecule has 4 heteroatoms. The highest BCUT2D eigenvalue weighted by atomic mass is 15.2. The number of nitrogen functional groups attached to an aromatic ring is 1. The molecule has 0 radical (unpaired) electrons. The maximum absolute atomic E-state index is 8.95. The van der Waals surface area contributed by atoms with Crippen molar-refractivity contribution in [2.75, 3.05) is 5.73 Å². The van der Waals surface area contributed by atoms with E-state index in [-0.39, 0.29) is 0 Å². The van der Waals surface area contributed by atoms with Crippen LogP contribution >= 0.6 is 0 Å². The summed E-state index contributed by atoms with van der Waals surface area (Å²) < 4.78 is 2.10. The van der Waals surface area contributed by atoms with Crippen molar-refractivity contribution in [3.8, 4) is 6.07 Å². The van der Waals surface area contributed by atoms with Crippen LogP contribution in [0, 0.1) is 11.3 Å². The van der Waals surface area contributed by atoms with Crippen LogP contribution in [0.4, 0.5) is 5.95 Å². The molecule has 17 heavy (non-hydrogen) atoms. The zero-order chi connectivity index (χ0) is 11.8. The van der Waals surface area contributed by atoms with E-state index in [0.717, 1.165) is 23.9 Å². The van der Waals surface area contributed by atoms with Gasteiger partial charge in [-0.3, -0.25) is 0 Å². The molecule has 3 rings (SSSR count). The molecule has 1 fully saturated rings. The normalized spacial score (nSPS) is 16.4. The molecule has 2 aromatic rings. The second-order valence-corrected chi connectivity index (χ2v) is 4.59. The van der Waals surface area contributed by atoms with Crippen LogP contribution < -0.4 is 5.73 Å². The molecule has 1 aliphatic carbocycles. The Bertz CT molecular complexity index is 600. The van der Waals surface area contributed by atoms with Gasteiger partial charge in [-0.2, -0.15) is 5.26 Å². The van der Waals surface area contributed by atoms with Gasteiger partial charge in [-0.05, 0) is 31.0 Å². The number of nitriles is 1. The van der Waals surface area contributed by atoms with Crippen LogP contribution in [0.25, 0.3) is 11.0 Å². The molecule has 0 aliphatic heterocycles. The fourth-order valence-electron chi connectivity index (χ4n) is 2.73. The van der Waals surface area contributed by atoms with Gasteiger partial charge in [-0.1, -0.05) is 12.8 Å². The summed E-state index contributed by atoms with van der Waals surface area (Å²) in [7, 11) is 0. The standard InChI is InChI=1S/C13H14N4/c14-8-9-5-6-11-12(7-9)17(13(15)16-11)10-3-1-2-4-10/h5-7,10H,1-4H2,(H2,15,16). The molecule has 1 saturated carbocycles. The lowest BCUT2D eigenvalue weighted by molar-refractivity contribution is 0.539. The number of nitrogens with zero attached hydrogens (tertiary/aromatic N) is 3. The first-order valence-electron chi connectivity index (χ1n) is 5.97. The van der Waals surface area contributed by atoms with E-state index in [2.05, 4.69) is 15.6 Å². The van der Waals surface area contributed by atoms with E-state index < -0.39 is 0 Å². The van der Waals surface area contributed by atoms with Crippen molar-refractivity contribution in [2.45, 2.75) is 31.7 Å². The first-order chi connectivity index (χ1) is 8.29. The number of anilines is 1. The summed E-state index contributed by atoms with van der Waals surface area (Å²) in [6.45, 7) is 0. The van der Waals surface area contributed by atoms with Crippen LogP contribution in [-0.4, -0.2) is 9.55 Å². The Kier molecular flexibility index (Phi) is 2.25. The van der Waals surface area contributed by atoms with Crippen molar-refractivity contribution >= 4 is 17.0 Å².